The minimum atomic E-state index is 0.438. The predicted octanol–water partition coefficient (Wildman–Crippen LogP) is 2.75. The molecule has 2 aromatic heterocycles. The van der Waals surface area contributed by atoms with Crippen molar-refractivity contribution in [3.8, 4) is 10.6 Å². The number of nitrogens with one attached hydrogen (secondary N) is 1. The van der Waals surface area contributed by atoms with E-state index in [4.69, 9.17) is 10.5 Å². The summed E-state index contributed by atoms with van der Waals surface area (Å²) >= 11 is 3.02. The maximum Gasteiger partial charge on any atom is 0.149 e. The first kappa shape index (κ1) is 12.8. The van der Waals surface area contributed by atoms with E-state index in [9.17, 15) is 0 Å². The van der Waals surface area contributed by atoms with Crippen LogP contribution in [-0.4, -0.2) is 28.6 Å². The molecule has 0 bridgehead atoms. The van der Waals surface area contributed by atoms with Crippen molar-refractivity contribution in [1.29, 1.82) is 0 Å². The minimum Gasteiger partial charge on any atom is -0.382 e. The fraction of sp³-hybridized carbons (Fsp3) is 0.500. The van der Waals surface area contributed by atoms with Gasteiger partial charge in [-0.1, -0.05) is 0 Å². The molecule has 0 atom stereocenters. The second kappa shape index (κ2) is 5.44. The van der Waals surface area contributed by atoms with Crippen LogP contribution in [0.25, 0.3) is 10.6 Å². The third-order valence-corrected chi connectivity index (χ3v) is 4.88. The highest BCUT2D eigenvalue weighted by atomic mass is 32.1. The molecule has 5 nitrogen and oxygen atoms in total. The Balaban J connectivity index is 1.85. The number of hydrogen-bond acceptors (Lipinski definition) is 7. The summed E-state index contributed by atoms with van der Waals surface area (Å²) in [7, 11) is 0. The molecule has 1 fully saturated rings. The summed E-state index contributed by atoms with van der Waals surface area (Å²) in [5.41, 5.74) is 7.96. The van der Waals surface area contributed by atoms with Crippen molar-refractivity contribution < 1.29 is 4.74 Å². The maximum atomic E-state index is 5.99. The number of aryl methyl sites for hydroxylation is 1. The molecule has 102 valence electrons. The number of aromatic nitrogens is 2. The number of ether oxygens (including phenoxy) is 1. The van der Waals surface area contributed by atoms with Crippen LogP contribution in [0, 0.1) is 6.92 Å². The third-order valence-electron chi connectivity index (χ3n) is 3.11. The summed E-state index contributed by atoms with van der Waals surface area (Å²) in [6, 6.07) is 0.438. The van der Waals surface area contributed by atoms with E-state index in [2.05, 4.69) is 14.7 Å². The second-order valence-electron chi connectivity index (χ2n) is 4.60. The molecule has 3 rings (SSSR count). The van der Waals surface area contributed by atoms with E-state index in [0.717, 1.165) is 47.3 Å². The van der Waals surface area contributed by atoms with Gasteiger partial charge in [0, 0.05) is 30.3 Å². The van der Waals surface area contributed by atoms with Gasteiger partial charge in [-0.15, -0.1) is 11.3 Å². The largest absolute Gasteiger partial charge is 0.382 e. The van der Waals surface area contributed by atoms with Crippen LogP contribution < -0.4 is 11.1 Å². The number of nitrogens with two attached hydrogens (primary N) is 1. The van der Waals surface area contributed by atoms with Crippen molar-refractivity contribution in [2.45, 2.75) is 25.8 Å². The van der Waals surface area contributed by atoms with Crippen LogP contribution in [-0.2, 0) is 4.74 Å². The van der Waals surface area contributed by atoms with Crippen LogP contribution in [0.5, 0.6) is 0 Å². The van der Waals surface area contributed by atoms with E-state index in [1.165, 1.54) is 11.5 Å². The quantitative estimate of drug-likeness (QED) is 0.911. The molecule has 7 heteroatoms. The highest BCUT2D eigenvalue weighted by Crippen LogP contribution is 2.39. The van der Waals surface area contributed by atoms with Crippen LogP contribution in [0.1, 0.15) is 18.5 Å². The summed E-state index contributed by atoms with van der Waals surface area (Å²) in [4.78, 5) is 4.51. The maximum absolute atomic E-state index is 5.99. The first-order valence-corrected chi connectivity index (χ1v) is 7.91. The van der Waals surface area contributed by atoms with Crippen molar-refractivity contribution >= 4 is 33.7 Å². The molecule has 0 spiro atoms. The lowest BCUT2D eigenvalue weighted by molar-refractivity contribution is 0.0905. The van der Waals surface area contributed by atoms with E-state index in [-0.39, 0.29) is 0 Å². The third kappa shape index (κ3) is 2.72. The number of thiazole rings is 1. The van der Waals surface area contributed by atoms with Gasteiger partial charge in [0.25, 0.3) is 0 Å². The molecule has 1 aliphatic heterocycles. The van der Waals surface area contributed by atoms with Crippen LogP contribution in [0.4, 0.5) is 10.8 Å². The predicted molar refractivity (Wildman–Crippen MR) is 79.8 cm³/mol. The van der Waals surface area contributed by atoms with Gasteiger partial charge >= 0.3 is 0 Å². The Bertz CT molecular complexity index is 560. The summed E-state index contributed by atoms with van der Waals surface area (Å²) in [6.07, 6.45) is 2.04. The van der Waals surface area contributed by atoms with Gasteiger partial charge < -0.3 is 15.8 Å². The molecular formula is C12H16N4OS2. The van der Waals surface area contributed by atoms with E-state index >= 15 is 0 Å². The number of nitrogens with zero attached hydrogens (tertiary/aromatic N) is 2. The van der Waals surface area contributed by atoms with Crippen LogP contribution >= 0.6 is 22.9 Å². The van der Waals surface area contributed by atoms with E-state index in [1.54, 1.807) is 11.3 Å². The normalized spacial score (nSPS) is 16.7. The van der Waals surface area contributed by atoms with Gasteiger partial charge in [0.15, 0.2) is 0 Å². The summed E-state index contributed by atoms with van der Waals surface area (Å²) in [6.45, 7) is 3.62. The highest BCUT2D eigenvalue weighted by molar-refractivity contribution is 7.15. The smallest absolute Gasteiger partial charge is 0.149 e. The van der Waals surface area contributed by atoms with Crippen molar-refractivity contribution in [2.75, 3.05) is 24.3 Å². The lowest BCUT2D eigenvalue weighted by Gasteiger charge is -2.23. The first-order chi connectivity index (χ1) is 9.24. The first-order valence-electron chi connectivity index (χ1n) is 6.26. The van der Waals surface area contributed by atoms with E-state index in [1.807, 2.05) is 12.3 Å². The standard InChI is InChI=1S/C12H16N4OS2/c1-7-6-18-11(14-7)9-10(13)16-19-12(9)15-8-2-4-17-5-3-8/h6,8,15H,2-5H2,1H3,(H2,13,16). The SMILES string of the molecule is Cc1csc(-c2c(N)nsc2NC2CCOCC2)n1. The van der Waals surface area contributed by atoms with E-state index in [0.29, 0.717) is 11.9 Å². The molecule has 1 aliphatic rings. The van der Waals surface area contributed by atoms with Crippen LogP contribution in [0.2, 0.25) is 0 Å². The Morgan fingerprint density at radius 1 is 1.42 bits per heavy atom. The number of nitrogen functional groups attached to an aromatic ring is 1. The Labute approximate surface area is 120 Å². The molecule has 1 saturated heterocycles. The van der Waals surface area contributed by atoms with Gasteiger partial charge in [0.2, 0.25) is 0 Å². The van der Waals surface area contributed by atoms with Gasteiger partial charge in [0.05, 0.1) is 5.56 Å². The number of rotatable bonds is 3. The summed E-state index contributed by atoms with van der Waals surface area (Å²) in [5.74, 6) is 0.564. The molecule has 0 aromatic carbocycles. The van der Waals surface area contributed by atoms with Crippen molar-refractivity contribution in [1.82, 2.24) is 9.36 Å². The van der Waals surface area contributed by atoms with E-state index < -0.39 is 0 Å². The van der Waals surface area contributed by atoms with Gasteiger partial charge in [-0.05, 0) is 31.3 Å². The lowest BCUT2D eigenvalue weighted by Crippen LogP contribution is -2.27. The summed E-state index contributed by atoms with van der Waals surface area (Å²) in [5, 5.41) is 7.54. The molecule has 0 radical (unpaired) electrons. The molecular weight excluding hydrogens is 280 g/mol. The van der Waals surface area contributed by atoms with Gasteiger partial charge in [-0.2, -0.15) is 4.37 Å². The Morgan fingerprint density at radius 3 is 2.89 bits per heavy atom. The van der Waals surface area contributed by atoms with Crippen LogP contribution in [0.3, 0.4) is 0 Å². The Kier molecular flexibility index (Phi) is 3.67. The Morgan fingerprint density at radius 2 is 2.21 bits per heavy atom. The zero-order valence-electron chi connectivity index (χ0n) is 10.7. The molecule has 2 aromatic rings. The Hall–Kier alpha value is -1.18. The molecule has 0 saturated carbocycles. The zero-order valence-corrected chi connectivity index (χ0v) is 12.3. The van der Waals surface area contributed by atoms with Gasteiger partial charge in [-0.3, -0.25) is 0 Å². The molecule has 0 unspecified atom stereocenters. The molecule has 0 aliphatic carbocycles. The fourth-order valence-electron chi connectivity index (χ4n) is 2.10. The topological polar surface area (TPSA) is 73.1 Å². The molecule has 0 amide bonds. The summed E-state index contributed by atoms with van der Waals surface area (Å²) < 4.78 is 9.63. The van der Waals surface area contributed by atoms with Crippen molar-refractivity contribution in [3.63, 3.8) is 0 Å². The van der Waals surface area contributed by atoms with Crippen molar-refractivity contribution in [2.24, 2.45) is 0 Å². The number of hydrogen-bond donors (Lipinski definition) is 2. The molecule has 3 N–H and O–H groups in total. The second-order valence-corrected chi connectivity index (χ2v) is 6.23. The monoisotopic (exact) mass is 296 g/mol. The average Bonchev–Trinajstić information content (AvgIpc) is 2.97. The van der Waals surface area contributed by atoms with Gasteiger partial charge in [0.1, 0.15) is 15.8 Å². The average molecular weight is 296 g/mol. The zero-order chi connectivity index (χ0) is 13.2. The van der Waals surface area contributed by atoms with Gasteiger partial charge in [-0.25, -0.2) is 4.98 Å². The molecule has 19 heavy (non-hydrogen) atoms. The minimum absolute atomic E-state index is 0.438. The highest BCUT2D eigenvalue weighted by Gasteiger charge is 2.20. The number of anilines is 2. The van der Waals surface area contributed by atoms with Crippen LogP contribution in [0.15, 0.2) is 5.38 Å². The lowest BCUT2D eigenvalue weighted by atomic mass is 10.1. The van der Waals surface area contributed by atoms with Crippen molar-refractivity contribution in [3.05, 3.63) is 11.1 Å². The fourth-order valence-corrected chi connectivity index (χ4v) is 3.82. The molecule has 3 heterocycles.